The first-order valence-electron chi connectivity index (χ1n) is 7.67. The van der Waals surface area contributed by atoms with Gasteiger partial charge in [0.1, 0.15) is 11.5 Å². The van der Waals surface area contributed by atoms with Crippen molar-refractivity contribution in [1.82, 2.24) is 9.78 Å². The molecule has 0 bridgehead atoms. The van der Waals surface area contributed by atoms with E-state index in [-0.39, 0.29) is 5.82 Å². The molecule has 4 heteroatoms. The molecule has 118 valence electrons. The van der Waals surface area contributed by atoms with E-state index in [2.05, 4.69) is 11.2 Å². The van der Waals surface area contributed by atoms with Crippen molar-refractivity contribution in [2.24, 2.45) is 0 Å². The fourth-order valence-electron chi connectivity index (χ4n) is 2.85. The maximum atomic E-state index is 13.1. The molecule has 0 saturated carbocycles. The lowest BCUT2D eigenvalue weighted by Gasteiger charge is -2.11. The largest absolute Gasteiger partial charge is 0.463 e. The van der Waals surface area contributed by atoms with Gasteiger partial charge < -0.3 is 4.42 Å². The summed E-state index contributed by atoms with van der Waals surface area (Å²) in [5.41, 5.74) is 5.02. The molecule has 24 heavy (non-hydrogen) atoms. The topological polar surface area (TPSA) is 31.0 Å². The molecular formula is C20H15FN2O. The number of hydrogen-bond donors (Lipinski definition) is 0. The van der Waals surface area contributed by atoms with E-state index in [9.17, 15) is 4.39 Å². The van der Waals surface area contributed by atoms with Crippen LogP contribution in [0.25, 0.3) is 28.3 Å². The van der Waals surface area contributed by atoms with Crippen molar-refractivity contribution in [1.29, 1.82) is 0 Å². The van der Waals surface area contributed by atoms with Crippen LogP contribution in [-0.2, 0) is 0 Å². The molecule has 0 fully saturated rings. The molecule has 0 aliphatic rings. The Hall–Kier alpha value is -3.14. The number of hydrogen-bond acceptors (Lipinski definition) is 2. The number of benzene rings is 2. The molecular weight excluding hydrogens is 303 g/mol. The Bertz CT molecular complexity index is 969. The molecule has 0 spiro atoms. The molecule has 0 radical (unpaired) electrons. The summed E-state index contributed by atoms with van der Waals surface area (Å²) in [6, 6.07) is 18.3. The molecule has 0 aliphatic carbocycles. The van der Waals surface area contributed by atoms with Crippen molar-refractivity contribution in [3.8, 4) is 28.3 Å². The Morgan fingerprint density at radius 2 is 1.83 bits per heavy atom. The maximum Gasteiger partial charge on any atom is 0.152 e. The van der Waals surface area contributed by atoms with Gasteiger partial charge >= 0.3 is 0 Å². The van der Waals surface area contributed by atoms with Crippen LogP contribution in [0.5, 0.6) is 0 Å². The lowest BCUT2D eigenvalue weighted by Crippen LogP contribution is -1.99. The second kappa shape index (κ2) is 5.81. The normalized spacial score (nSPS) is 10.9. The van der Waals surface area contributed by atoms with Gasteiger partial charge in [0.25, 0.3) is 0 Å². The van der Waals surface area contributed by atoms with Gasteiger partial charge in [0.05, 0.1) is 18.1 Å². The summed E-state index contributed by atoms with van der Waals surface area (Å²) in [5.74, 6) is 0.542. The van der Waals surface area contributed by atoms with E-state index in [1.165, 1.54) is 12.1 Å². The fraction of sp³-hybridized carbons (Fsp3) is 0.0500. The van der Waals surface area contributed by atoms with Gasteiger partial charge in [-0.25, -0.2) is 9.07 Å². The molecule has 0 saturated heterocycles. The van der Waals surface area contributed by atoms with Gasteiger partial charge in [0, 0.05) is 0 Å². The zero-order chi connectivity index (χ0) is 16.5. The third-order valence-electron chi connectivity index (χ3n) is 4.03. The lowest BCUT2D eigenvalue weighted by atomic mass is 10.00. The Kier molecular flexibility index (Phi) is 3.50. The van der Waals surface area contributed by atoms with Crippen LogP contribution in [0, 0.1) is 12.7 Å². The summed E-state index contributed by atoms with van der Waals surface area (Å²) < 4.78 is 20.4. The van der Waals surface area contributed by atoms with E-state index in [0.717, 1.165) is 33.8 Å². The number of nitrogens with zero attached hydrogens (tertiary/aromatic N) is 2. The molecule has 2 heterocycles. The van der Waals surface area contributed by atoms with E-state index < -0.39 is 0 Å². The summed E-state index contributed by atoms with van der Waals surface area (Å²) in [6.45, 7) is 2.04. The summed E-state index contributed by atoms with van der Waals surface area (Å²) in [5, 5.41) is 4.40. The summed E-state index contributed by atoms with van der Waals surface area (Å²) in [7, 11) is 0. The van der Waals surface area contributed by atoms with Gasteiger partial charge in [-0.05, 0) is 66.1 Å². The van der Waals surface area contributed by atoms with Gasteiger partial charge in [-0.3, -0.25) is 0 Å². The van der Waals surface area contributed by atoms with E-state index >= 15 is 0 Å². The third kappa shape index (κ3) is 2.52. The van der Waals surface area contributed by atoms with Crippen molar-refractivity contribution in [2.75, 3.05) is 0 Å². The third-order valence-corrected chi connectivity index (χ3v) is 4.03. The molecule has 0 N–H and O–H groups in total. The quantitative estimate of drug-likeness (QED) is 0.517. The minimum Gasteiger partial charge on any atom is -0.463 e. The van der Waals surface area contributed by atoms with Crippen LogP contribution >= 0.6 is 0 Å². The first-order chi connectivity index (χ1) is 11.7. The van der Waals surface area contributed by atoms with Crippen LogP contribution in [0.2, 0.25) is 0 Å². The highest BCUT2D eigenvalue weighted by molar-refractivity contribution is 5.69. The molecule has 2 aromatic heterocycles. The summed E-state index contributed by atoms with van der Waals surface area (Å²) >= 11 is 0. The van der Waals surface area contributed by atoms with Crippen molar-refractivity contribution in [3.63, 3.8) is 0 Å². The Morgan fingerprint density at radius 3 is 2.54 bits per heavy atom. The Labute approximate surface area is 139 Å². The number of aryl methyl sites for hydroxylation is 1. The smallest absolute Gasteiger partial charge is 0.152 e. The fourth-order valence-corrected chi connectivity index (χ4v) is 2.85. The minimum atomic E-state index is -0.229. The molecule has 4 aromatic rings. The van der Waals surface area contributed by atoms with Crippen LogP contribution in [0.4, 0.5) is 4.39 Å². The number of furan rings is 1. The summed E-state index contributed by atoms with van der Waals surface area (Å²) in [4.78, 5) is 0. The molecule has 0 unspecified atom stereocenters. The van der Waals surface area contributed by atoms with Crippen LogP contribution in [0.15, 0.2) is 77.5 Å². The molecule has 4 rings (SSSR count). The predicted molar refractivity (Wildman–Crippen MR) is 91.4 cm³/mol. The SMILES string of the molecule is Cc1cc(-n2nccc2-c2ccco2)ccc1-c1ccc(F)cc1. The van der Waals surface area contributed by atoms with Crippen molar-refractivity contribution in [3.05, 3.63) is 84.5 Å². The number of halogens is 1. The van der Waals surface area contributed by atoms with E-state index in [4.69, 9.17) is 4.42 Å². The van der Waals surface area contributed by atoms with Gasteiger partial charge in [-0.2, -0.15) is 5.10 Å². The van der Waals surface area contributed by atoms with Gasteiger partial charge in [-0.1, -0.05) is 18.2 Å². The van der Waals surface area contributed by atoms with Crippen molar-refractivity contribution >= 4 is 0 Å². The first-order valence-corrected chi connectivity index (χ1v) is 7.67. The van der Waals surface area contributed by atoms with Gasteiger partial charge in [-0.15, -0.1) is 0 Å². The first kappa shape index (κ1) is 14.5. The minimum absolute atomic E-state index is 0.229. The van der Waals surface area contributed by atoms with Crippen LogP contribution in [-0.4, -0.2) is 9.78 Å². The highest BCUT2D eigenvalue weighted by atomic mass is 19.1. The number of aromatic nitrogens is 2. The Morgan fingerprint density at radius 1 is 1.00 bits per heavy atom. The summed E-state index contributed by atoms with van der Waals surface area (Å²) in [6.07, 6.45) is 3.40. The van der Waals surface area contributed by atoms with Crippen LogP contribution in [0.1, 0.15) is 5.56 Å². The average molecular weight is 318 g/mol. The molecule has 0 amide bonds. The average Bonchev–Trinajstić information content (AvgIpc) is 3.27. The second-order valence-corrected chi connectivity index (χ2v) is 5.61. The van der Waals surface area contributed by atoms with E-state index in [1.807, 2.05) is 41.9 Å². The van der Waals surface area contributed by atoms with Crippen molar-refractivity contribution in [2.45, 2.75) is 6.92 Å². The van der Waals surface area contributed by atoms with Crippen LogP contribution in [0.3, 0.4) is 0 Å². The second-order valence-electron chi connectivity index (χ2n) is 5.61. The van der Waals surface area contributed by atoms with Crippen molar-refractivity contribution < 1.29 is 8.81 Å². The lowest BCUT2D eigenvalue weighted by molar-refractivity contribution is 0.577. The zero-order valence-corrected chi connectivity index (χ0v) is 13.1. The molecule has 3 nitrogen and oxygen atoms in total. The highest BCUT2D eigenvalue weighted by Gasteiger charge is 2.11. The zero-order valence-electron chi connectivity index (χ0n) is 13.1. The highest BCUT2D eigenvalue weighted by Crippen LogP contribution is 2.28. The van der Waals surface area contributed by atoms with Gasteiger partial charge in [0.2, 0.25) is 0 Å². The van der Waals surface area contributed by atoms with E-state index in [0.29, 0.717) is 0 Å². The Balaban J connectivity index is 1.76. The monoisotopic (exact) mass is 318 g/mol. The standard InChI is InChI=1S/C20H15FN2O/c1-14-13-17(8-9-18(14)15-4-6-16(21)7-5-15)23-19(10-11-22-23)20-3-2-12-24-20/h2-13H,1H3. The predicted octanol–water partition coefficient (Wildman–Crippen LogP) is 5.25. The number of rotatable bonds is 3. The van der Waals surface area contributed by atoms with E-state index in [1.54, 1.807) is 24.6 Å². The van der Waals surface area contributed by atoms with Gasteiger partial charge in [0.15, 0.2) is 5.76 Å². The van der Waals surface area contributed by atoms with Crippen LogP contribution < -0.4 is 0 Å². The maximum absolute atomic E-state index is 13.1. The molecule has 0 aliphatic heterocycles. The molecule has 0 atom stereocenters. The molecule has 2 aromatic carbocycles.